The summed E-state index contributed by atoms with van der Waals surface area (Å²) in [6, 6.07) is 10.8. The molecule has 3 aliphatic rings. The molecule has 3 heterocycles. The number of allylic oxidation sites excluding steroid dienone is 1. The van der Waals surface area contributed by atoms with Crippen molar-refractivity contribution >= 4 is 23.8 Å². The predicted octanol–water partition coefficient (Wildman–Crippen LogP) is 6.11. The predicted molar refractivity (Wildman–Crippen MR) is 185 cm³/mol. The molecule has 2 amide bonds. The molecule has 0 spiro atoms. The van der Waals surface area contributed by atoms with Crippen LogP contribution in [0.15, 0.2) is 60.2 Å². The third kappa shape index (κ3) is 6.56. The highest BCUT2D eigenvalue weighted by molar-refractivity contribution is 6.12. The number of nitrogens with two attached hydrogens (primary N) is 1. The second-order valence-electron chi connectivity index (χ2n) is 13.5. The Hall–Kier alpha value is -4.99. The SMILES string of the molecule is C=CC(=O)N1CC(N=C/C(=C\N)c2nc(-c3ccc4c(c3)CCN(C(=O)OC(C)(C)C)C4)c3c(c2-c2ccc(F)cc2OC)CCC3)C1. The van der Waals surface area contributed by atoms with Gasteiger partial charge < -0.3 is 25.0 Å². The van der Waals surface area contributed by atoms with E-state index in [4.69, 9.17) is 25.2 Å². The maximum atomic E-state index is 14.4. The number of fused-ring (bicyclic) bond motifs is 2. The number of methoxy groups -OCH3 is 1. The molecule has 10 heteroatoms. The van der Waals surface area contributed by atoms with E-state index in [0.717, 1.165) is 58.3 Å². The molecule has 9 nitrogen and oxygen atoms in total. The zero-order chi connectivity index (χ0) is 34.2. The average molecular weight is 652 g/mol. The number of hydrogen-bond acceptors (Lipinski definition) is 7. The van der Waals surface area contributed by atoms with E-state index < -0.39 is 11.4 Å². The summed E-state index contributed by atoms with van der Waals surface area (Å²) >= 11 is 0. The Bertz CT molecular complexity index is 1840. The van der Waals surface area contributed by atoms with E-state index in [0.29, 0.717) is 49.6 Å². The number of benzene rings is 2. The summed E-state index contributed by atoms with van der Waals surface area (Å²) in [6.07, 6.45) is 7.55. The average Bonchev–Trinajstić information content (AvgIpc) is 3.54. The lowest BCUT2D eigenvalue weighted by molar-refractivity contribution is -0.130. The summed E-state index contributed by atoms with van der Waals surface area (Å²) in [6.45, 7) is 11.2. The lowest BCUT2D eigenvalue weighted by Gasteiger charge is -2.36. The van der Waals surface area contributed by atoms with Gasteiger partial charge in [-0.15, -0.1) is 0 Å². The van der Waals surface area contributed by atoms with Crippen LogP contribution in [0.4, 0.5) is 9.18 Å². The summed E-state index contributed by atoms with van der Waals surface area (Å²) in [7, 11) is 1.53. The number of rotatable bonds is 7. The van der Waals surface area contributed by atoms with E-state index in [2.05, 4.69) is 24.8 Å². The van der Waals surface area contributed by atoms with E-state index in [1.807, 2.05) is 20.8 Å². The van der Waals surface area contributed by atoms with Crippen molar-refractivity contribution in [2.45, 2.75) is 64.6 Å². The van der Waals surface area contributed by atoms with Crippen molar-refractivity contribution in [1.82, 2.24) is 14.8 Å². The van der Waals surface area contributed by atoms with Gasteiger partial charge in [-0.1, -0.05) is 18.7 Å². The largest absolute Gasteiger partial charge is 0.496 e. The van der Waals surface area contributed by atoms with Gasteiger partial charge in [-0.25, -0.2) is 14.2 Å². The molecule has 1 aliphatic carbocycles. The molecule has 0 atom stereocenters. The molecule has 48 heavy (non-hydrogen) atoms. The first-order valence-corrected chi connectivity index (χ1v) is 16.4. The van der Waals surface area contributed by atoms with Crippen molar-refractivity contribution < 1.29 is 23.5 Å². The molecular formula is C38H42FN5O4. The summed E-state index contributed by atoms with van der Waals surface area (Å²) in [5, 5.41) is 0. The van der Waals surface area contributed by atoms with E-state index in [1.54, 1.807) is 22.1 Å². The molecule has 2 aromatic carbocycles. The van der Waals surface area contributed by atoms with Crippen LogP contribution >= 0.6 is 0 Å². The van der Waals surface area contributed by atoms with Gasteiger partial charge in [-0.3, -0.25) is 9.79 Å². The molecule has 0 bridgehead atoms. The molecule has 3 aromatic rings. The standard InChI is InChI=1S/C38H42FN5O4/c1-6-33(45)44-21-28(22-44)41-19-26(18-40)36-34(31-13-12-27(39)17-32(31)47-5)29-8-7-9-30(29)35(42-36)24-10-11-25-20-43(15-14-23(25)16-24)37(46)48-38(2,3)4/h6,10-13,16-19,28H,1,7-9,14-15,20-22,40H2,2-5H3/b26-18+,41-19?. The van der Waals surface area contributed by atoms with Crippen molar-refractivity contribution in [3.8, 4) is 28.1 Å². The highest BCUT2D eigenvalue weighted by Gasteiger charge is 2.31. The van der Waals surface area contributed by atoms with Crippen LogP contribution in [0.5, 0.6) is 5.75 Å². The first-order valence-electron chi connectivity index (χ1n) is 16.4. The number of aliphatic imine (C=N–C) groups is 1. The van der Waals surface area contributed by atoms with Crippen LogP contribution in [0.2, 0.25) is 0 Å². The Kier molecular flexibility index (Phi) is 9.09. The Balaban J connectivity index is 1.42. The number of ether oxygens (including phenoxy) is 2. The Morgan fingerprint density at radius 3 is 2.54 bits per heavy atom. The minimum absolute atomic E-state index is 0.0672. The van der Waals surface area contributed by atoms with Gasteiger partial charge in [0.2, 0.25) is 5.91 Å². The number of carbonyl (C=O) groups is 2. The first kappa shape index (κ1) is 32.9. The van der Waals surface area contributed by atoms with E-state index in [9.17, 15) is 14.0 Å². The normalized spacial score (nSPS) is 16.4. The summed E-state index contributed by atoms with van der Waals surface area (Å²) in [4.78, 5) is 38.2. The first-order chi connectivity index (χ1) is 23.0. The highest BCUT2D eigenvalue weighted by atomic mass is 19.1. The number of carbonyl (C=O) groups excluding carboxylic acids is 2. The molecule has 1 saturated heterocycles. The fraction of sp³-hybridized carbons (Fsp3) is 0.368. The zero-order valence-electron chi connectivity index (χ0n) is 28.0. The van der Waals surface area contributed by atoms with Crippen LogP contribution in [0.25, 0.3) is 28.0 Å². The van der Waals surface area contributed by atoms with Crippen LogP contribution in [-0.2, 0) is 35.3 Å². The van der Waals surface area contributed by atoms with Gasteiger partial charge in [-0.05, 0) is 93.0 Å². The maximum Gasteiger partial charge on any atom is 0.410 e. The van der Waals surface area contributed by atoms with Gasteiger partial charge in [0.1, 0.15) is 17.2 Å². The molecule has 250 valence electrons. The summed E-state index contributed by atoms with van der Waals surface area (Å²) in [5.74, 6) is -0.0965. The molecule has 1 fully saturated rings. The number of aromatic nitrogens is 1. The fourth-order valence-electron chi connectivity index (χ4n) is 6.68. The molecular weight excluding hydrogens is 609 g/mol. The Morgan fingerprint density at radius 2 is 1.83 bits per heavy atom. The van der Waals surface area contributed by atoms with Gasteiger partial charge in [0.05, 0.1) is 24.5 Å². The highest BCUT2D eigenvalue weighted by Crippen LogP contribution is 2.44. The van der Waals surface area contributed by atoms with Gasteiger partial charge in [0.25, 0.3) is 0 Å². The van der Waals surface area contributed by atoms with E-state index in [-0.39, 0.29) is 18.0 Å². The number of pyridine rings is 1. The minimum atomic E-state index is -0.556. The minimum Gasteiger partial charge on any atom is -0.496 e. The quantitative estimate of drug-likeness (QED) is 0.244. The molecule has 0 saturated carbocycles. The number of amides is 2. The molecule has 2 aliphatic heterocycles. The number of likely N-dealkylation sites (tertiary alicyclic amines) is 1. The topological polar surface area (TPSA) is 110 Å². The smallest absolute Gasteiger partial charge is 0.410 e. The molecule has 0 radical (unpaired) electrons. The van der Waals surface area contributed by atoms with Crippen LogP contribution in [-0.4, -0.2) is 71.4 Å². The maximum absolute atomic E-state index is 14.4. The molecule has 6 rings (SSSR count). The van der Waals surface area contributed by atoms with Crippen LogP contribution < -0.4 is 10.5 Å². The van der Waals surface area contributed by atoms with E-state index >= 15 is 0 Å². The second-order valence-corrected chi connectivity index (χ2v) is 13.5. The number of halogens is 1. The van der Waals surface area contributed by atoms with Gasteiger partial charge in [0, 0.05) is 66.9 Å². The summed E-state index contributed by atoms with van der Waals surface area (Å²) in [5.41, 5.74) is 15.0. The second kappa shape index (κ2) is 13.3. The third-order valence-electron chi connectivity index (χ3n) is 9.07. The number of nitrogens with zero attached hydrogens (tertiary/aromatic N) is 4. The molecule has 0 unspecified atom stereocenters. The van der Waals surface area contributed by atoms with E-state index in [1.165, 1.54) is 37.1 Å². The monoisotopic (exact) mass is 651 g/mol. The van der Waals surface area contributed by atoms with Crippen molar-refractivity contribution in [3.63, 3.8) is 0 Å². The number of hydrogen-bond donors (Lipinski definition) is 1. The zero-order valence-corrected chi connectivity index (χ0v) is 28.0. The van der Waals surface area contributed by atoms with Gasteiger partial charge in [-0.2, -0.15) is 0 Å². The lowest BCUT2D eigenvalue weighted by atomic mass is 9.89. The van der Waals surface area contributed by atoms with Gasteiger partial charge >= 0.3 is 6.09 Å². The van der Waals surface area contributed by atoms with Crippen LogP contribution in [0.3, 0.4) is 0 Å². The van der Waals surface area contributed by atoms with Crippen LogP contribution in [0, 0.1) is 5.82 Å². The van der Waals surface area contributed by atoms with Crippen molar-refractivity contribution in [1.29, 1.82) is 0 Å². The lowest BCUT2D eigenvalue weighted by Crippen LogP contribution is -2.52. The molecule has 1 aromatic heterocycles. The Morgan fingerprint density at radius 1 is 1.06 bits per heavy atom. The van der Waals surface area contributed by atoms with Crippen LogP contribution in [0.1, 0.15) is 55.1 Å². The van der Waals surface area contributed by atoms with Crippen molar-refractivity contribution in [3.05, 3.63) is 89.0 Å². The molecule has 2 N–H and O–H groups in total. The van der Waals surface area contributed by atoms with Gasteiger partial charge in [0.15, 0.2) is 0 Å². The summed E-state index contributed by atoms with van der Waals surface area (Å²) < 4.78 is 25.7. The van der Waals surface area contributed by atoms with Crippen molar-refractivity contribution in [2.75, 3.05) is 26.7 Å². The fourth-order valence-corrected chi connectivity index (χ4v) is 6.68. The third-order valence-corrected chi connectivity index (χ3v) is 9.07. The Labute approximate surface area is 281 Å². The van der Waals surface area contributed by atoms with Crippen molar-refractivity contribution in [2.24, 2.45) is 10.7 Å².